The van der Waals surface area contributed by atoms with Gasteiger partial charge in [0.05, 0.1) is 25.3 Å². The smallest absolute Gasteiger partial charge is 0.308 e. The zero-order valence-corrected chi connectivity index (χ0v) is 24.9. The molecule has 1 amide bonds. The molecule has 226 valence electrons. The fourth-order valence-electron chi connectivity index (χ4n) is 7.62. The number of hydrogen-bond acceptors (Lipinski definition) is 11. The Bertz CT molecular complexity index is 1610. The van der Waals surface area contributed by atoms with Crippen LogP contribution in [0, 0.1) is 25.2 Å². The highest BCUT2D eigenvalue weighted by Gasteiger charge is 2.56. The summed E-state index contributed by atoms with van der Waals surface area (Å²) >= 11 is 0. The van der Waals surface area contributed by atoms with Gasteiger partial charge in [-0.25, -0.2) is 0 Å². The molecule has 4 aliphatic rings. The Labute approximate surface area is 249 Å². The van der Waals surface area contributed by atoms with Gasteiger partial charge in [-0.05, 0) is 44.9 Å². The van der Waals surface area contributed by atoms with Crippen LogP contribution in [0.25, 0.3) is 0 Å². The Hall–Kier alpha value is -4.34. The molecule has 0 saturated carbocycles. The SMILES string of the molecule is COc1c(C)cc2c(c1O)C1C3Cc4c(OC(C)=O)c(C)c5c(c4[C@H](CNC(=O)C(C)=O)N3C(C#N)C(C2)N1C)OCO5. The van der Waals surface area contributed by atoms with Crippen LogP contribution < -0.4 is 24.3 Å². The van der Waals surface area contributed by atoms with Gasteiger partial charge in [0.25, 0.3) is 5.91 Å². The molecule has 5 atom stereocenters. The van der Waals surface area contributed by atoms with E-state index in [4.69, 9.17) is 18.9 Å². The van der Waals surface area contributed by atoms with Crippen molar-refractivity contribution < 1.29 is 38.4 Å². The molecule has 43 heavy (non-hydrogen) atoms. The normalized spacial score (nSPS) is 25.1. The third-order valence-electron chi connectivity index (χ3n) is 9.29. The lowest BCUT2D eigenvalue weighted by Gasteiger charge is -2.60. The van der Waals surface area contributed by atoms with Crippen LogP contribution in [0.3, 0.4) is 0 Å². The van der Waals surface area contributed by atoms with E-state index in [9.17, 15) is 24.8 Å². The molecule has 2 bridgehead atoms. The summed E-state index contributed by atoms with van der Waals surface area (Å²) in [4.78, 5) is 41.0. The summed E-state index contributed by atoms with van der Waals surface area (Å²) < 4.78 is 23.2. The van der Waals surface area contributed by atoms with E-state index in [1.807, 2.05) is 20.0 Å². The predicted octanol–water partition coefficient (Wildman–Crippen LogP) is 2.15. The predicted molar refractivity (Wildman–Crippen MR) is 151 cm³/mol. The molecule has 2 aromatic carbocycles. The Kier molecular flexibility index (Phi) is 6.98. The minimum atomic E-state index is -0.754. The van der Waals surface area contributed by atoms with Gasteiger partial charge in [0.1, 0.15) is 11.8 Å². The average molecular weight is 591 g/mol. The maximum absolute atomic E-state index is 12.5. The molecule has 0 aliphatic carbocycles. The third-order valence-corrected chi connectivity index (χ3v) is 9.29. The van der Waals surface area contributed by atoms with Crippen molar-refractivity contribution >= 4 is 17.7 Å². The first-order chi connectivity index (χ1) is 20.5. The number of rotatable bonds is 5. The number of fused-ring (bicyclic) bond motifs is 9. The standard InChI is InChI=1S/C31H34N4O8/c1-13-7-17-8-19-21(10-32)35-20(25(34(19)5)23(17)26(38)27(13)40-6)9-18-24(22(35)11-33-31(39)15(3)36)30-29(41-12-42-30)14(2)28(18)43-16(4)37/h7,19-22,25,38H,8-9,11-12H2,1-6H3,(H,33,39)/t19?,20?,21?,22-,25?/m0/s1. The molecule has 0 spiro atoms. The minimum Gasteiger partial charge on any atom is -0.504 e. The van der Waals surface area contributed by atoms with E-state index in [2.05, 4.69) is 21.2 Å². The van der Waals surface area contributed by atoms with E-state index in [1.165, 1.54) is 21.0 Å². The van der Waals surface area contributed by atoms with Gasteiger partial charge < -0.3 is 29.4 Å². The second-order valence-corrected chi connectivity index (χ2v) is 11.6. The van der Waals surface area contributed by atoms with Crippen LogP contribution in [0.4, 0.5) is 0 Å². The molecule has 12 heteroatoms. The number of piperazine rings is 1. The Morgan fingerprint density at radius 2 is 1.84 bits per heavy atom. The minimum absolute atomic E-state index is 0.0162. The number of carbonyl (C=O) groups is 3. The molecule has 2 aromatic rings. The molecule has 1 fully saturated rings. The van der Waals surface area contributed by atoms with Crippen LogP contribution >= 0.6 is 0 Å². The molecule has 6 rings (SSSR count). The maximum atomic E-state index is 12.5. The molecule has 1 saturated heterocycles. The zero-order chi connectivity index (χ0) is 30.9. The topological polar surface area (TPSA) is 151 Å². The number of esters is 1. The molecule has 4 unspecified atom stereocenters. The van der Waals surface area contributed by atoms with Gasteiger partial charge in [-0.1, -0.05) is 6.07 Å². The number of likely N-dealkylation sites (N-methyl/N-ethyl adjacent to an activating group) is 1. The Morgan fingerprint density at radius 1 is 1.12 bits per heavy atom. The number of nitrogens with zero attached hydrogens (tertiary/aromatic N) is 3. The number of aromatic hydroxyl groups is 1. The van der Waals surface area contributed by atoms with Gasteiger partial charge >= 0.3 is 5.97 Å². The first-order valence-corrected chi connectivity index (χ1v) is 14.2. The number of phenolic OH excluding ortho intramolecular Hbond substituents is 1. The van der Waals surface area contributed by atoms with Gasteiger partial charge in [-0.3, -0.25) is 24.2 Å². The van der Waals surface area contributed by atoms with Crippen LogP contribution in [-0.4, -0.2) is 78.2 Å². The molecule has 4 heterocycles. The summed E-state index contributed by atoms with van der Waals surface area (Å²) in [6.07, 6.45) is 0.841. The number of phenols is 1. The first kappa shape index (κ1) is 28.8. The van der Waals surface area contributed by atoms with Crippen molar-refractivity contribution in [2.75, 3.05) is 27.5 Å². The monoisotopic (exact) mass is 590 g/mol. The zero-order valence-electron chi connectivity index (χ0n) is 24.9. The quantitative estimate of drug-likeness (QED) is 0.300. The fourth-order valence-corrected chi connectivity index (χ4v) is 7.62. The van der Waals surface area contributed by atoms with Crippen LogP contribution in [0.5, 0.6) is 28.7 Å². The average Bonchev–Trinajstić information content (AvgIpc) is 3.44. The highest BCUT2D eigenvalue weighted by atomic mass is 16.7. The number of ketones is 1. The lowest BCUT2D eigenvalue weighted by molar-refractivity contribution is -0.137. The Balaban J connectivity index is 1.61. The molecular weight excluding hydrogens is 556 g/mol. The third kappa shape index (κ3) is 4.21. The fraction of sp³-hybridized carbons (Fsp3) is 0.484. The molecule has 0 radical (unpaired) electrons. The van der Waals surface area contributed by atoms with Crippen molar-refractivity contribution in [3.63, 3.8) is 0 Å². The van der Waals surface area contributed by atoms with Crippen molar-refractivity contribution in [3.8, 4) is 34.8 Å². The first-order valence-electron chi connectivity index (χ1n) is 14.2. The van der Waals surface area contributed by atoms with Crippen LogP contribution in [0.1, 0.15) is 59.3 Å². The van der Waals surface area contributed by atoms with Gasteiger partial charge in [0.2, 0.25) is 12.6 Å². The summed E-state index contributed by atoms with van der Waals surface area (Å²) in [5.41, 5.74) is 4.39. The molecule has 4 aliphatic heterocycles. The number of amides is 1. The van der Waals surface area contributed by atoms with E-state index >= 15 is 0 Å². The van der Waals surface area contributed by atoms with Crippen molar-refractivity contribution in [2.45, 2.75) is 70.7 Å². The highest BCUT2D eigenvalue weighted by Crippen LogP contribution is 2.58. The van der Waals surface area contributed by atoms with Gasteiger partial charge in [-0.2, -0.15) is 5.26 Å². The number of nitriles is 1. The second kappa shape index (κ2) is 10.4. The summed E-state index contributed by atoms with van der Waals surface area (Å²) in [6.45, 7) is 6.13. The number of methoxy groups -OCH3 is 1. The number of carbonyl (C=O) groups excluding carboxylic acids is 3. The van der Waals surface area contributed by atoms with Gasteiger partial charge in [0, 0.05) is 54.7 Å². The highest BCUT2D eigenvalue weighted by molar-refractivity contribution is 6.35. The van der Waals surface area contributed by atoms with E-state index in [0.717, 1.165) is 11.1 Å². The molecule has 12 nitrogen and oxygen atoms in total. The summed E-state index contributed by atoms with van der Waals surface area (Å²) in [6, 6.07) is 2.21. The van der Waals surface area contributed by atoms with E-state index in [-0.39, 0.29) is 31.2 Å². The number of aryl methyl sites for hydroxylation is 1. The van der Waals surface area contributed by atoms with E-state index < -0.39 is 35.8 Å². The van der Waals surface area contributed by atoms with Crippen LogP contribution in [0.15, 0.2) is 6.07 Å². The largest absolute Gasteiger partial charge is 0.504 e. The van der Waals surface area contributed by atoms with Crippen molar-refractivity contribution in [3.05, 3.63) is 39.4 Å². The maximum Gasteiger partial charge on any atom is 0.308 e. The molecule has 2 N–H and O–H groups in total. The van der Waals surface area contributed by atoms with Crippen LogP contribution in [0.2, 0.25) is 0 Å². The molecular formula is C31H34N4O8. The lowest BCUT2D eigenvalue weighted by atomic mass is 9.71. The second-order valence-electron chi connectivity index (χ2n) is 11.6. The number of ether oxygens (including phenoxy) is 4. The number of benzene rings is 2. The summed E-state index contributed by atoms with van der Waals surface area (Å²) in [5, 5.41) is 25.0. The number of Topliss-reactive ketones (excluding diaryl/α,β-unsaturated/α-hetero) is 1. The molecule has 0 aromatic heterocycles. The summed E-state index contributed by atoms with van der Waals surface area (Å²) in [7, 11) is 3.47. The van der Waals surface area contributed by atoms with E-state index in [0.29, 0.717) is 58.1 Å². The van der Waals surface area contributed by atoms with Crippen molar-refractivity contribution in [2.24, 2.45) is 0 Å². The van der Waals surface area contributed by atoms with Crippen molar-refractivity contribution in [1.82, 2.24) is 15.1 Å². The van der Waals surface area contributed by atoms with Crippen molar-refractivity contribution in [1.29, 1.82) is 5.26 Å². The van der Waals surface area contributed by atoms with E-state index in [1.54, 1.807) is 6.92 Å². The van der Waals surface area contributed by atoms with Gasteiger partial charge in [0.15, 0.2) is 23.0 Å². The van der Waals surface area contributed by atoms with Crippen LogP contribution in [-0.2, 0) is 27.2 Å². The lowest BCUT2D eigenvalue weighted by Crippen LogP contribution is -2.68. The Morgan fingerprint density at radius 3 is 2.49 bits per heavy atom. The number of hydrogen-bond donors (Lipinski definition) is 2. The summed E-state index contributed by atoms with van der Waals surface area (Å²) in [5.74, 6) is -0.226. The number of nitrogens with one attached hydrogen (secondary N) is 1. The van der Waals surface area contributed by atoms with Gasteiger partial charge in [-0.15, -0.1) is 0 Å².